The monoisotopic (exact) mass is 364 g/mol. The van der Waals surface area contributed by atoms with E-state index in [0.717, 1.165) is 12.1 Å². The van der Waals surface area contributed by atoms with Crippen LogP contribution in [-0.4, -0.2) is 29.5 Å². The number of ether oxygens (including phenoxy) is 1. The van der Waals surface area contributed by atoms with Crippen molar-refractivity contribution in [1.82, 2.24) is 4.90 Å². The number of carbonyl (C=O) groups is 1. The zero-order valence-corrected chi connectivity index (χ0v) is 13.9. The summed E-state index contributed by atoms with van der Waals surface area (Å²) in [7, 11) is 0. The number of carbonyl (C=O) groups excluding carboxylic acids is 1. The summed E-state index contributed by atoms with van der Waals surface area (Å²) in [6, 6.07) is 13.7. The Kier molecular flexibility index (Phi) is 5.18. The molecule has 1 aliphatic rings. The molecule has 1 aliphatic heterocycles. The van der Waals surface area contributed by atoms with Crippen LogP contribution in [0.1, 0.15) is 17.5 Å². The van der Waals surface area contributed by atoms with Gasteiger partial charge in [0.05, 0.1) is 11.6 Å². The second kappa shape index (κ2) is 7.37. The molecule has 0 aromatic heterocycles. The molecular formula is C19H19F3N2O2. The highest BCUT2D eigenvalue weighted by Gasteiger charge is 2.37. The van der Waals surface area contributed by atoms with Crippen LogP contribution in [0.25, 0.3) is 0 Å². The Morgan fingerprint density at radius 2 is 1.77 bits per heavy atom. The van der Waals surface area contributed by atoms with E-state index in [1.807, 2.05) is 35.2 Å². The van der Waals surface area contributed by atoms with E-state index < -0.39 is 23.7 Å². The predicted molar refractivity (Wildman–Crippen MR) is 90.3 cm³/mol. The third kappa shape index (κ3) is 4.35. The van der Waals surface area contributed by atoms with Gasteiger partial charge in [0.15, 0.2) is 0 Å². The number of nitrogens with two attached hydrogens (primary N) is 1. The lowest BCUT2D eigenvalue weighted by atomic mass is 10.1. The minimum atomic E-state index is -4.36. The van der Waals surface area contributed by atoms with E-state index in [-0.39, 0.29) is 6.10 Å². The van der Waals surface area contributed by atoms with Crippen LogP contribution < -0.4 is 10.5 Å². The molecule has 2 aromatic rings. The molecular weight excluding hydrogens is 345 g/mol. The standard InChI is InChI=1S/C19H19F3N2O2/c20-19(21,22)14-8-6-13(7-9-14)11-24-12-16(10-17(24)18(23)25)26-15-4-2-1-3-5-15/h1-9,16-17H,10-12H2,(H2,23,25)/t16-,17-/m0/s1. The molecule has 0 radical (unpaired) electrons. The van der Waals surface area contributed by atoms with Crippen LogP contribution in [0.5, 0.6) is 5.75 Å². The number of hydrogen-bond acceptors (Lipinski definition) is 3. The Balaban J connectivity index is 1.68. The van der Waals surface area contributed by atoms with Gasteiger partial charge in [0.2, 0.25) is 5.91 Å². The summed E-state index contributed by atoms with van der Waals surface area (Å²) < 4.78 is 43.9. The number of para-hydroxylation sites is 1. The van der Waals surface area contributed by atoms with Crippen LogP contribution >= 0.6 is 0 Å². The van der Waals surface area contributed by atoms with Gasteiger partial charge in [0.25, 0.3) is 0 Å². The molecule has 2 aromatic carbocycles. The van der Waals surface area contributed by atoms with E-state index in [1.54, 1.807) is 0 Å². The molecule has 1 saturated heterocycles. The van der Waals surface area contributed by atoms with Crippen LogP contribution in [-0.2, 0) is 17.5 Å². The maximum absolute atomic E-state index is 12.7. The highest BCUT2D eigenvalue weighted by Crippen LogP contribution is 2.30. The van der Waals surface area contributed by atoms with Crippen molar-refractivity contribution in [2.45, 2.75) is 31.3 Å². The third-order valence-electron chi connectivity index (χ3n) is 4.41. The van der Waals surface area contributed by atoms with E-state index in [1.165, 1.54) is 12.1 Å². The zero-order valence-electron chi connectivity index (χ0n) is 13.9. The third-order valence-corrected chi connectivity index (χ3v) is 4.41. The quantitative estimate of drug-likeness (QED) is 0.886. The van der Waals surface area contributed by atoms with Crippen molar-refractivity contribution in [3.63, 3.8) is 0 Å². The van der Waals surface area contributed by atoms with Gasteiger partial charge in [-0.05, 0) is 29.8 Å². The largest absolute Gasteiger partial charge is 0.489 e. The van der Waals surface area contributed by atoms with Crippen molar-refractivity contribution in [2.24, 2.45) is 5.73 Å². The maximum atomic E-state index is 12.7. The Hall–Kier alpha value is -2.54. The molecule has 26 heavy (non-hydrogen) atoms. The first-order chi connectivity index (χ1) is 12.3. The van der Waals surface area contributed by atoms with E-state index in [4.69, 9.17) is 10.5 Å². The number of likely N-dealkylation sites (tertiary alicyclic amines) is 1. The van der Waals surface area contributed by atoms with Crippen molar-refractivity contribution in [2.75, 3.05) is 6.54 Å². The van der Waals surface area contributed by atoms with E-state index >= 15 is 0 Å². The molecule has 0 spiro atoms. The highest BCUT2D eigenvalue weighted by atomic mass is 19.4. The van der Waals surface area contributed by atoms with Gasteiger partial charge in [-0.3, -0.25) is 9.69 Å². The summed E-state index contributed by atoms with van der Waals surface area (Å²) in [5, 5.41) is 0. The van der Waals surface area contributed by atoms with Crippen molar-refractivity contribution in [1.29, 1.82) is 0 Å². The number of amides is 1. The Morgan fingerprint density at radius 3 is 2.35 bits per heavy atom. The van der Waals surface area contributed by atoms with Crippen LogP contribution in [0.2, 0.25) is 0 Å². The van der Waals surface area contributed by atoms with Gasteiger partial charge in [-0.1, -0.05) is 30.3 Å². The lowest BCUT2D eigenvalue weighted by Gasteiger charge is -2.21. The molecule has 1 heterocycles. The van der Waals surface area contributed by atoms with Crippen LogP contribution in [0, 0.1) is 0 Å². The predicted octanol–water partition coefficient (Wildman–Crippen LogP) is 3.21. The fourth-order valence-corrected chi connectivity index (χ4v) is 3.14. The first kappa shape index (κ1) is 18.3. The molecule has 0 unspecified atom stereocenters. The SMILES string of the molecule is NC(=O)[C@@H]1C[C@H](Oc2ccccc2)CN1Cc1ccc(C(F)(F)F)cc1. The molecule has 3 rings (SSSR count). The van der Waals surface area contributed by atoms with Gasteiger partial charge in [-0.2, -0.15) is 13.2 Å². The molecule has 0 bridgehead atoms. The lowest BCUT2D eigenvalue weighted by molar-refractivity contribution is -0.137. The summed E-state index contributed by atoms with van der Waals surface area (Å²) in [4.78, 5) is 13.6. The maximum Gasteiger partial charge on any atom is 0.416 e. The zero-order chi connectivity index (χ0) is 18.7. The number of alkyl halides is 3. The fourth-order valence-electron chi connectivity index (χ4n) is 3.14. The van der Waals surface area contributed by atoms with Crippen LogP contribution in [0.3, 0.4) is 0 Å². The first-order valence-electron chi connectivity index (χ1n) is 8.24. The van der Waals surface area contributed by atoms with Crippen molar-refractivity contribution in [3.05, 3.63) is 65.7 Å². The molecule has 7 heteroatoms. The molecule has 2 N–H and O–H groups in total. The number of hydrogen-bond donors (Lipinski definition) is 1. The van der Waals surface area contributed by atoms with Crippen molar-refractivity contribution >= 4 is 5.91 Å². The first-order valence-corrected chi connectivity index (χ1v) is 8.24. The average Bonchev–Trinajstić information content (AvgIpc) is 2.98. The minimum Gasteiger partial charge on any atom is -0.489 e. The van der Waals surface area contributed by atoms with Gasteiger partial charge >= 0.3 is 6.18 Å². The molecule has 4 nitrogen and oxygen atoms in total. The number of benzene rings is 2. The Morgan fingerprint density at radius 1 is 1.12 bits per heavy atom. The molecule has 0 saturated carbocycles. The van der Waals surface area contributed by atoms with Crippen LogP contribution in [0.15, 0.2) is 54.6 Å². The number of nitrogens with zero attached hydrogens (tertiary/aromatic N) is 1. The molecule has 1 amide bonds. The van der Waals surface area contributed by atoms with Gasteiger partial charge in [-0.15, -0.1) is 0 Å². The Labute approximate surface area is 149 Å². The van der Waals surface area contributed by atoms with Crippen LogP contribution in [0.4, 0.5) is 13.2 Å². The van der Waals surface area contributed by atoms with Gasteiger partial charge < -0.3 is 10.5 Å². The average molecular weight is 364 g/mol. The second-order valence-electron chi connectivity index (χ2n) is 6.33. The summed E-state index contributed by atoms with van der Waals surface area (Å²) in [5.41, 5.74) is 5.48. The van der Waals surface area contributed by atoms with Gasteiger partial charge in [0, 0.05) is 19.5 Å². The molecule has 138 valence electrons. The molecule has 1 fully saturated rings. The van der Waals surface area contributed by atoms with E-state index in [0.29, 0.717) is 30.8 Å². The van der Waals surface area contributed by atoms with Gasteiger partial charge in [0.1, 0.15) is 11.9 Å². The topological polar surface area (TPSA) is 55.6 Å². The van der Waals surface area contributed by atoms with E-state index in [9.17, 15) is 18.0 Å². The summed E-state index contributed by atoms with van der Waals surface area (Å²) >= 11 is 0. The Bertz CT molecular complexity index is 748. The second-order valence-corrected chi connectivity index (χ2v) is 6.33. The molecule has 0 aliphatic carbocycles. The number of halogens is 3. The fraction of sp³-hybridized carbons (Fsp3) is 0.316. The summed E-state index contributed by atoms with van der Waals surface area (Å²) in [6.07, 6.45) is -4.12. The number of rotatable bonds is 5. The number of primary amides is 1. The summed E-state index contributed by atoms with van der Waals surface area (Å²) in [5.74, 6) is 0.244. The van der Waals surface area contributed by atoms with Crippen molar-refractivity contribution < 1.29 is 22.7 Å². The highest BCUT2D eigenvalue weighted by molar-refractivity contribution is 5.80. The summed E-state index contributed by atoms with van der Waals surface area (Å²) in [6.45, 7) is 0.809. The normalized spacial score (nSPS) is 20.9. The van der Waals surface area contributed by atoms with Crippen molar-refractivity contribution in [3.8, 4) is 5.75 Å². The molecule has 2 atom stereocenters. The lowest BCUT2D eigenvalue weighted by Crippen LogP contribution is -2.39. The van der Waals surface area contributed by atoms with Gasteiger partial charge in [-0.25, -0.2) is 0 Å². The van der Waals surface area contributed by atoms with E-state index in [2.05, 4.69) is 0 Å². The smallest absolute Gasteiger partial charge is 0.416 e. The minimum absolute atomic E-state index is 0.204.